The third kappa shape index (κ3) is 59.0. The fourth-order valence-corrected chi connectivity index (χ4v) is 10.0. The van der Waals surface area contributed by atoms with Crippen LogP contribution < -0.4 is 5.32 Å². The van der Waals surface area contributed by atoms with Crippen molar-refractivity contribution in [3.63, 3.8) is 0 Å². The summed E-state index contributed by atoms with van der Waals surface area (Å²) in [4.78, 5) is 12.5. The van der Waals surface area contributed by atoms with Crippen molar-refractivity contribution in [1.29, 1.82) is 0 Å². The molecule has 72 heavy (non-hydrogen) atoms. The molecule has 2 unspecified atom stereocenters. The van der Waals surface area contributed by atoms with E-state index < -0.39 is 12.1 Å². The van der Waals surface area contributed by atoms with Crippen LogP contribution >= 0.6 is 0 Å². The van der Waals surface area contributed by atoms with Crippen LogP contribution in [0, 0.1) is 0 Å². The van der Waals surface area contributed by atoms with E-state index in [1.807, 2.05) is 6.08 Å². The summed E-state index contributed by atoms with van der Waals surface area (Å²) in [6.07, 6.45) is 90.0. The zero-order chi connectivity index (χ0) is 52.0. The largest absolute Gasteiger partial charge is 0.394 e. The lowest BCUT2D eigenvalue weighted by Crippen LogP contribution is -2.45. The Morgan fingerprint density at radius 3 is 0.903 bits per heavy atom. The summed E-state index contributed by atoms with van der Waals surface area (Å²) in [6, 6.07) is -0.642. The van der Waals surface area contributed by atoms with Gasteiger partial charge in [-0.3, -0.25) is 4.79 Å². The lowest BCUT2D eigenvalue weighted by Gasteiger charge is -2.19. The maximum Gasteiger partial charge on any atom is 0.220 e. The molecule has 0 aliphatic carbocycles. The van der Waals surface area contributed by atoms with E-state index in [1.54, 1.807) is 6.08 Å². The number of hydrogen-bond acceptors (Lipinski definition) is 3. The van der Waals surface area contributed by atoms with E-state index >= 15 is 0 Å². The van der Waals surface area contributed by atoms with Gasteiger partial charge in [0.1, 0.15) is 0 Å². The van der Waals surface area contributed by atoms with E-state index in [2.05, 4.69) is 67.8 Å². The van der Waals surface area contributed by atoms with Gasteiger partial charge in [0.05, 0.1) is 18.8 Å². The smallest absolute Gasteiger partial charge is 0.220 e. The molecule has 0 saturated heterocycles. The summed E-state index contributed by atoms with van der Waals surface area (Å²) in [7, 11) is 0. The van der Waals surface area contributed by atoms with E-state index in [-0.39, 0.29) is 12.5 Å². The lowest BCUT2D eigenvalue weighted by atomic mass is 10.0. The maximum atomic E-state index is 12.5. The fraction of sp³-hybridized carbons (Fsp3) is 0.838. The summed E-state index contributed by atoms with van der Waals surface area (Å²) >= 11 is 0. The molecule has 0 aliphatic heterocycles. The number of aliphatic hydroxyl groups excluding tert-OH is 2. The molecule has 0 aliphatic rings. The van der Waals surface area contributed by atoms with Gasteiger partial charge in [0.15, 0.2) is 0 Å². The first-order valence-corrected chi connectivity index (χ1v) is 32.5. The molecule has 422 valence electrons. The van der Waals surface area contributed by atoms with Gasteiger partial charge in [0.2, 0.25) is 5.91 Å². The van der Waals surface area contributed by atoms with Crippen LogP contribution in [0.3, 0.4) is 0 Å². The Balaban J connectivity index is 3.49. The van der Waals surface area contributed by atoms with Crippen LogP contribution in [0.25, 0.3) is 0 Å². The van der Waals surface area contributed by atoms with Crippen LogP contribution in [0.15, 0.2) is 60.8 Å². The molecule has 2 atom stereocenters. The van der Waals surface area contributed by atoms with Gasteiger partial charge in [-0.15, -0.1) is 0 Å². The molecular formula is C68H127NO3. The molecule has 0 rings (SSSR count). The maximum absolute atomic E-state index is 12.5. The van der Waals surface area contributed by atoms with Gasteiger partial charge in [0, 0.05) is 6.42 Å². The minimum absolute atomic E-state index is 0.0701. The predicted octanol–water partition coefficient (Wildman–Crippen LogP) is 21.9. The normalized spacial score (nSPS) is 13.1. The molecule has 0 aromatic rings. The number of aliphatic hydroxyl groups is 2. The first kappa shape index (κ1) is 70.1. The van der Waals surface area contributed by atoms with Crippen LogP contribution in [0.2, 0.25) is 0 Å². The molecule has 0 radical (unpaired) electrons. The molecule has 1 amide bonds. The van der Waals surface area contributed by atoms with Crippen molar-refractivity contribution in [2.24, 2.45) is 0 Å². The van der Waals surface area contributed by atoms with Gasteiger partial charge < -0.3 is 15.5 Å². The number of hydrogen-bond donors (Lipinski definition) is 3. The Hall–Kier alpha value is -1.91. The lowest BCUT2D eigenvalue weighted by molar-refractivity contribution is -0.123. The second-order valence-corrected chi connectivity index (χ2v) is 22.2. The second-order valence-electron chi connectivity index (χ2n) is 22.2. The standard InChI is InChI=1S/C68H127NO3/c1-3-5-7-9-11-13-15-17-19-21-23-25-27-29-31-33-34-36-38-40-42-44-46-48-50-52-54-56-58-60-62-64-68(72)69-66(65-70)67(71)63-61-59-57-55-53-51-49-47-45-43-41-39-37-35-32-30-28-26-24-22-20-18-16-14-12-10-8-6-4-2/h15,17,21,23,27,29,53,55,61,63,66-67,70-71H,3-14,16,18-20,22,24-26,28,30-52,54,56-60,62,64-65H2,1-2H3,(H,69,72)/b17-15-,23-21-,29-27-,55-53+,63-61+. The molecule has 0 aromatic heterocycles. The van der Waals surface area contributed by atoms with Crippen LogP contribution in [0.4, 0.5) is 0 Å². The number of carbonyl (C=O) groups is 1. The molecule has 0 spiro atoms. The quantitative estimate of drug-likeness (QED) is 0.0420. The summed E-state index contributed by atoms with van der Waals surface area (Å²) in [5.41, 5.74) is 0. The summed E-state index contributed by atoms with van der Waals surface area (Å²) in [5.74, 6) is -0.0701. The topological polar surface area (TPSA) is 69.6 Å². The van der Waals surface area contributed by atoms with E-state index in [4.69, 9.17) is 0 Å². The zero-order valence-electron chi connectivity index (χ0n) is 48.7. The monoisotopic (exact) mass is 1010 g/mol. The average molecular weight is 1010 g/mol. The van der Waals surface area contributed by atoms with Crippen molar-refractivity contribution in [1.82, 2.24) is 5.32 Å². The highest BCUT2D eigenvalue weighted by Crippen LogP contribution is 2.18. The van der Waals surface area contributed by atoms with Crippen molar-refractivity contribution in [3.05, 3.63) is 60.8 Å². The van der Waals surface area contributed by atoms with Gasteiger partial charge in [0.25, 0.3) is 0 Å². The van der Waals surface area contributed by atoms with Crippen molar-refractivity contribution in [2.45, 2.75) is 360 Å². The zero-order valence-corrected chi connectivity index (χ0v) is 48.7. The van der Waals surface area contributed by atoms with Crippen LogP contribution in [0.5, 0.6) is 0 Å². The molecule has 4 heteroatoms. The van der Waals surface area contributed by atoms with E-state index in [1.165, 1.54) is 283 Å². The number of carbonyl (C=O) groups excluding carboxylic acids is 1. The number of rotatable bonds is 60. The molecule has 0 saturated carbocycles. The Morgan fingerprint density at radius 2 is 0.583 bits per heavy atom. The van der Waals surface area contributed by atoms with E-state index in [0.717, 1.165) is 44.9 Å². The highest BCUT2D eigenvalue weighted by molar-refractivity contribution is 5.76. The van der Waals surface area contributed by atoms with Crippen LogP contribution in [-0.2, 0) is 4.79 Å². The number of unbranched alkanes of at least 4 members (excludes halogenated alkanes) is 45. The van der Waals surface area contributed by atoms with Crippen LogP contribution in [-0.4, -0.2) is 34.9 Å². The molecule has 0 aromatic carbocycles. The molecule has 0 heterocycles. The van der Waals surface area contributed by atoms with Gasteiger partial charge in [-0.1, -0.05) is 331 Å². The summed E-state index contributed by atoms with van der Waals surface area (Å²) in [6.45, 7) is 4.32. The molecular weight excluding hydrogens is 879 g/mol. The average Bonchev–Trinajstić information content (AvgIpc) is 3.39. The highest BCUT2D eigenvalue weighted by atomic mass is 16.3. The van der Waals surface area contributed by atoms with Crippen molar-refractivity contribution in [3.8, 4) is 0 Å². The van der Waals surface area contributed by atoms with Gasteiger partial charge in [-0.05, 0) is 70.6 Å². The summed E-state index contributed by atoms with van der Waals surface area (Å²) < 4.78 is 0. The van der Waals surface area contributed by atoms with Gasteiger partial charge >= 0.3 is 0 Å². The Bertz CT molecular complexity index is 1190. The first-order valence-electron chi connectivity index (χ1n) is 32.5. The van der Waals surface area contributed by atoms with Crippen molar-refractivity contribution >= 4 is 5.91 Å². The third-order valence-electron chi connectivity index (χ3n) is 15.0. The highest BCUT2D eigenvalue weighted by Gasteiger charge is 2.18. The Morgan fingerprint density at radius 1 is 0.333 bits per heavy atom. The van der Waals surface area contributed by atoms with Gasteiger partial charge in [-0.2, -0.15) is 0 Å². The summed E-state index contributed by atoms with van der Waals surface area (Å²) in [5, 5.41) is 23.2. The van der Waals surface area contributed by atoms with E-state index in [9.17, 15) is 15.0 Å². The molecule has 0 fully saturated rings. The Labute approximate surface area is 451 Å². The Kier molecular flexibility index (Phi) is 61.7. The SMILES string of the molecule is CCCCCCC/C=C\C/C=C\C/C=C\CCCCCCCCCCCCCCCCCCC(=O)NC(CO)C(O)/C=C/CC/C=C/CCCCCCCCCCCCCCCCCCCCCCCCC. The van der Waals surface area contributed by atoms with Gasteiger partial charge in [-0.25, -0.2) is 0 Å². The second kappa shape index (κ2) is 63.4. The van der Waals surface area contributed by atoms with Crippen LogP contribution in [0.1, 0.15) is 348 Å². The predicted molar refractivity (Wildman–Crippen MR) is 322 cm³/mol. The fourth-order valence-electron chi connectivity index (χ4n) is 10.0. The number of nitrogens with one attached hydrogen (secondary N) is 1. The number of allylic oxidation sites excluding steroid dienone is 9. The third-order valence-corrected chi connectivity index (χ3v) is 15.0. The minimum atomic E-state index is -0.865. The molecule has 3 N–H and O–H groups in total. The molecule has 4 nitrogen and oxygen atoms in total. The number of amides is 1. The van der Waals surface area contributed by atoms with Crippen molar-refractivity contribution in [2.75, 3.05) is 6.61 Å². The molecule has 0 bridgehead atoms. The minimum Gasteiger partial charge on any atom is -0.394 e. The first-order chi connectivity index (χ1) is 35.7. The van der Waals surface area contributed by atoms with Crippen molar-refractivity contribution < 1.29 is 15.0 Å². The van der Waals surface area contributed by atoms with E-state index in [0.29, 0.717) is 6.42 Å².